The van der Waals surface area contributed by atoms with Crippen molar-refractivity contribution in [2.24, 2.45) is 0 Å². The number of ether oxygens (including phenoxy) is 1. The van der Waals surface area contributed by atoms with E-state index in [2.05, 4.69) is 5.32 Å². The molecule has 0 aliphatic carbocycles. The average molecular weight is 295 g/mol. The van der Waals surface area contributed by atoms with E-state index in [1.165, 1.54) is 37.4 Å². The van der Waals surface area contributed by atoms with Crippen LogP contribution in [0.3, 0.4) is 0 Å². The molecule has 0 aliphatic heterocycles. The summed E-state index contributed by atoms with van der Waals surface area (Å²) in [5, 5.41) is 3.00. The van der Waals surface area contributed by atoms with Crippen molar-refractivity contribution in [2.45, 2.75) is 12.5 Å². The van der Waals surface area contributed by atoms with Gasteiger partial charge in [-0.1, -0.05) is 6.07 Å². The first-order valence-electron chi connectivity index (χ1n) is 6.49. The second kappa shape index (κ2) is 6.63. The lowest BCUT2D eigenvalue weighted by Gasteiger charge is -2.20. The number of hydrogen-bond donors (Lipinski definition) is 1. The standard InChI is InChI=1S/C16H16F3NO/c1-20-15(7-10-3-4-12(18)9-14(10)19)13-8-11(17)5-6-16(13)21-2/h3-6,8-9,15,20H,7H2,1-2H3. The molecular formula is C16H16F3NO. The van der Waals surface area contributed by atoms with Gasteiger partial charge in [-0.3, -0.25) is 0 Å². The highest BCUT2D eigenvalue weighted by Crippen LogP contribution is 2.29. The Morgan fingerprint density at radius 1 is 1.05 bits per heavy atom. The van der Waals surface area contributed by atoms with Crippen LogP contribution in [0.25, 0.3) is 0 Å². The number of rotatable bonds is 5. The average Bonchev–Trinajstić information content (AvgIpc) is 2.46. The molecule has 0 amide bonds. The molecular weight excluding hydrogens is 279 g/mol. The first-order chi connectivity index (χ1) is 10.0. The molecule has 2 aromatic carbocycles. The molecule has 0 aromatic heterocycles. The third kappa shape index (κ3) is 3.55. The van der Waals surface area contributed by atoms with Gasteiger partial charge in [-0.25, -0.2) is 13.2 Å². The number of halogens is 3. The Morgan fingerprint density at radius 2 is 1.71 bits per heavy atom. The molecule has 2 aromatic rings. The van der Waals surface area contributed by atoms with Gasteiger partial charge in [-0.2, -0.15) is 0 Å². The molecule has 2 nitrogen and oxygen atoms in total. The second-order valence-corrected chi connectivity index (χ2v) is 4.67. The molecule has 0 aliphatic rings. The SMILES string of the molecule is CNC(Cc1ccc(F)cc1F)c1cc(F)ccc1OC. The number of likely N-dealkylation sites (N-methyl/N-ethyl adjacent to an activating group) is 1. The molecule has 1 N–H and O–H groups in total. The van der Waals surface area contributed by atoms with Crippen LogP contribution < -0.4 is 10.1 Å². The van der Waals surface area contributed by atoms with Gasteiger partial charge in [0, 0.05) is 17.7 Å². The van der Waals surface area contributed by atoms with E-state index < -0.39 is 17.5 Å². The normalized spacial score (nSPS) is 12.2. The third-order valence-corrected chi connectivity index (χ3v) is 3.35. The van der Waals surface area contributed by atoms with Crippen LogP contribution in [-0.2, 0) is 6.42 Å². The molecule has 1 unspecified atom stereocenters. The van der Waals surface area contributed by atoms with Gasteiger partial charge in [-0.05, 0) is 43.3 Å². The molecule has 0 bridgehead atoms. The molecule has 0 saturated carbocycles. The first-order valence-corrected chi connectivity index (χ1v) is 6.49. The molecule has 5 heteroatoms. The minimum absolute atomic E-state index is 0.252. The van der Waals surface area contributed by atoms with Crippen LogP contribution in [0.4, 0.5) is 13.2 Å². The van der Waals surface area contributed by atoms with Gasteiger partial charge >= 0.3 is 0 Å². The highest BCUT2D eigenvalue weighted by Gasteiger charge is 2.18. The predicted octanol–water partition coefficient (Wildman–Crippen LogP) is 3.62. The van der Waals surface area contributed by atoms with Crippen LogP contribution in [0.2, 0.25) is 0 Å². The molecule has 21 heavy (non-hydrogen) atoms. The summed E-state index contributed by atoms with van der Waals surface area (Å²) in [4.78, 5) is 0. The van der Waals surface area contributed by atoms with E-state index in [4.69, 9.17) is 4.74 Å². The van der Waals surface area contributed by atoms with Gasteiger partial charge in [0.05, 0.1) is 7.11 Å². The highest BCUT2D eigenvalue weighted by molar-refractivity contribution is 5.37. The van der Waals surface area contributed by atoms with Crippen LogP contribution >= 0.6 is 0 Å². The molecule has 0 fully saturated rings. The van der Waals surface area contributed by atoms with E-state index in [9.17, 15) is 13.2 Å². The van der Waals surface area contributed by atoms with E-state index >= 15 is 0 Å². The molecule has 0 spiro atoms. The Kier molecular flexibility index (Phi) is 4.85. The molecule has 0 heterocycles. The maximum atomic E-state index is 13.8. The van der Waals surface area contributed by atoms with Crippen LogP contribution in [0, 0.1) is 17.5 Å². The second-order valence-electron chi connectivity index (χ2n) is 4.67. The Morgan fingerprint density at radius 3 is 2.33 bits per heavy atom. The van der Waals surface area contributed by atoms with Gasteiger partial charge < -0.3 is 10.1 Å². The molecule has 1 atom stereocenters. The van der Waals surface area contributed by atoms with Crippen molar-refractivity contribution in [1.29, 1.82) is 0 Å². The predicted molar refractivity (Wildman–Crippen MR) is 74.8 cm³/mol. The van der Waals surface area contributed by atoms with E-state index in [1.807, 2.05) is 0 Å². The quantitative estimate of drug-likeness (QED) is 0.909. The fourth-order valence-corrected chi connectivity index (χ4v) is 2.25. The highest BCUT2D eigenvalue weighted by atomic mass is 19.1. The van der Waals surface area contributed by atoms with Crippen LogP contribution in [0.1, 0.15) is 17.2 Å². The van der Waals surface area contributed by atoms with Crippen molar-refractivity contribution in [2.75, 3.05) is 14.2 Å². The fraction of sp³-hybridized carbons (Fsp3) is 0.250. The summed E-state index contributed by atoms with van der Waals surface area (Å²) < 4.78 is 45.3. The van der Waals surface area contributed by atoms with E-state index in [0.29, 0.717) is 16.9 Å². The van der Waals surface area contributed by atoms with Gasteiger partial charge in [0.1, 0.15) is 23.2 Å². The number of nitrogens with one attached hydrogen (secondary N) is 1. The molecule has 112 valence electrons. The summed E-state index contributed by atoms with van der Waals surface area (Å²) in [6, 6.07) is 7.25. The molecule has 0 radical (unpaired) electrons. The van der Waals surface area contributed by atoms with Gasteiger partial charge in [-0.15, -0.1) is 0 Å². The minimum atomic E-state index is -0.624. The fourth-order valence-electron chi connectivity index (χ4n) is 2.25. The first kappa shape index (κ1) is 15.4. The smallest absolute Gasteiger partial charge is 0.129 e. The van der Waals surface area contributed by atoms with Gasteiger partial charge in [0.2, 0.25) is 0 Å². The summed E-state index contributed by atoms with van der Waals surface area (Å²) in [6.07, 6.45) is 0.252. The Hall–Kier alpha value is -2.01. The Bertz CT molecular complexity index is 631. The third-order valence-electron chi connectivity index (χ3n) is 3.35. The van der Waals surface area contributed by atoms with Crippen molar-refractivity contribution in [3.05, 3.63) is 65.0 Å². The summed E-state index contributed by atoms with van der Waals surface area (Å²) in [6.45, 7) is 0. The summed E-state index contributed by atoms with van der Waals surface area (Å²) in [7, 11) is 3.18. The zero-order chi connectivity index (χ0) is 15.4. The number of hydrogen-bond acceptors (Lipinski definition) is 2. The van der Waals surface area contributed by atoms with Gasteiger partial charge in [0.15, 0.2) is 0 Å². The summed E-state index contributed by atoms with van der Waals surface area (Å²) >= 11 is 0. The van der Waals surface area contributed by atoms with Crippen molar-refractivity contribution in [3.8, 4) is 5.75 Å². The van der Waals surface area contributed by atoms with Crippen molar-refractivity contribution in [1.82, 2.24) is 5.32 Å². The van der Waals surface area contributed by atoms with E-state index in [-0.39, 0.29) is 12.5 Å². The maximum absolute atomic E-state index is 13.8. The number of benzene rings is 2. The summed E-state index contributed by atoms with van der Waals surface area (Å²) in [5.74, 6) is -1.13. The largest absolute Gasteiger partial charge is 0.496 e. The minimum Gasteiger partial charge on any atom is -0.496 e. The van der Waals surface area contributed by atoms with E-state index in [0.717, 1.165) is 6.07 Å². The number of methoxy groups -OCH3 is 1. The Balaban J connectivity index is 2.34. The van der Waals surface area contributed by atoms with Crippen molar-refractivity contribution >= 4 is 0 Å². The van der Waals surface area contributed by atoms with Crippen LogP contribution in [-0.4, -0.2) is 14.2 Å². The zero-order valence-corrected chi connectivity index (χ0v) is 11.8. The van der Waals surface area contributed by atoms with Crippen molar-refractivity contribution < 1.29 is 17.9 Å². The van der Waals surface area contributed by atoms with Crippen LogP contribution in [0.15, 0.2) is 36.4 Å². The van der Waals surface area contributed by atoms with Crippen LogP contribution in [0.5, 0.6) is 5.75 Å². The zero-order valence-electron chi connectivity index (χ0n) is 11.8. The monoisotopic (exact) mass is 295 g/mol. The molecule has 0 saturated heterocycles. The molecule has 2 rings (SSSR count). The lowest BCUT2D eigenvalue weighted by molar-refractivity contribution is 0.399. The Labute approximate surface area is 121 Å². The van der Waals surface area contributed by atoms with E-state index in [1.54, 1.807) is 7.05 Å². The summed E-state index contributed by atoms with van der Waals surface area (Å²) in [5.41, 5.74) is 0.936. The maximum Gasteiger partial charge on any atom is 0.129 e. The lowest BCUT2D eigenvalue weighted by Crippen LogP contribution is -2.20. The van der Waals surface area contributed by atoms with Gasteiger partial charge in [0.25, 0.3) is 0 Å². The van der Waals surface area contributed by atoms with Crippen molar-refractivity contribution in [3.63, 3.8) is 0 Å². The topological polar surface area (TPSA) is 21.3 Å². The lowest BCUT2D eigenvalue weighted by atomic mass is 9.97.